The van der Waals surface area contributed by atoms with Crippen molar-refractivity contribution in [2.24, 2.45) is 0 Å². The van der Waals surface area contributed by atoms with Crippen molar-refractivity contribution in [1.29, 1.82) is 0 Å². The second-order valence-corrected chi connectivity index (χ2v) is 8.66. The standard InChI is InChI=1S/C30H25ClF2/c1-2-3-4-5-6-21-7-11-23(12-8-21)25-16-17-27-26(20-25)15-14-24(30(27)33)13-9-22-10-18-28(31)29(32)19-22/h7-8,10-12,14-20H,2-6H2,1H3. The largest absolute Gasteiger partial charge is 0.205 e. The molecule has 0 atom stereocenters. The molecule has 0 aliphatic heterocycles. The number of halogens is 3. The molecule has 0 bridgehead atoms. The first-order valence-corrected chi connectivity index (χ1v) is 11.7. The number of unbranched alkanes of at least 4 members (excludes halogenated alkanes) is 3. The predicted octanol–water partition coefficient (Wildman–Crippen LogP) is 8.96. The second-order valence-electron chi connectivity index (χ2n) is 8.25. The smallest absolute Gasteiger partial charge is 0.146 e. The SMILES string of the molecule is CCCCCCc1ccc(-c2ccc3c(F)c(C#Cc4ccc(Cl)c(F)c4)ccc3c2)cc1. The van der Waals surface area contributed by atoms with Crippen LogP contribution in [-0.4, -0.2) is 0 Å². The van der Waals surface area contributed by atoms with E-state index in [-0.39, 0.29) is 16.4 Å². The predicted molar refractivity (Wildman–Crippen MR) is 135 cm³/mol. The molecule has 4 rings (SSSR count). The van der Waals surface area contributed by atoms with E-state index >= 15 is 4.39 Å². The van der Waals surface area contributed by atoms with Crippen LogP contribution in [-0.2, 0) is 6.42 Å². The van der Waals surface area contributed by atoms with Crippen molar-refractivity contribution < 1.29 is 8.78 Å². The maximum Gasteiger partial charge on any atom is 0.146 e. The molecule has 4 aromatic carbocycles. The van der Waals surface area contributed by atoms with E-state index in [1.165, 1.54) is 43.4 Å². The van der Waals surface area contributed by atoms with Crippen molar-refractivity contribution in [3.63, 3.8) is 0 Å². The highest BCUT2D eigenvalue weighted by molar-refractivity contribution is 6.30. The third kappa shape index (κ3) is 5.62. The maximum atomic E-state index is 15.1. The molecule has 0 nitrogen and oxygen atoms in total. The summed E-state index contributed by atoms with van der Waals surface area (Å²) in [6.45, 7) is 2.22. The fourth-order valence-corrected chi connectivity index (χ4v) is 4.02. The summed E-state index contributed by atoms with van der Waals surface area (Å²) in [5.41, 5.74) is 4.24. The molecule has 0 saturated heterocycles. The van der Waals surface area contributed by atoms with Crippen LogP contribution in [0, 0.1) is 23.5 Å². The molecule has 4 aromatic rings. The van der Waals surface area contributed by atoms with Gasteiger partial charge in [0.1, 0.15) is 11.6 Å². The van der Waals surface area contributed by atoms with Gasteiger partial charge >= 0.3 is 0 Å². The fraction of sp³-hybridized carbons (Fsp3) is 0.200. The van der Waals surface area contributed by atoms with Crippen molar-refractivity contribution in [2.45, 2.75) is 39.0 Å². The summed E-state index contributed by atoms with van der Waals surface area (Å²) in [7, 11) is 0. The first-order chi connectivity index (χ1) is 16.0. The topological polar surface area (TPSA) is 0 Å². The highest BCUT2D eigenvalue weighted by Gasteiger charge is 2.08. The van der Waals surface area contributed by atoms with E-state index in [4.69, 9.17) is 11.6 Å². The molecule has 0 heterocycles. The van der Waals surface area contributed by atoms with Gasteiger partial charge < -0.3 is 0 Å². The lowest BCUT2D eigenvalue weighted by Crippen LogP contribution is -1.89. The molecular formula is C30H25ClF2. The normalized spacial score (nSPS) is 10.8. The Morgan fingerprint density at radius 3 is 2.30 bits per heavy atom. The van der Waals surface area contributed by atoms with Gasteiger partial charge in [0.15, 0.2) is 0 Å². The average molecular weight is 459 g/mol. The average Bonchev–Trinajstić information content (AvgIpc) is 2.84. The Hall–Kier alpha value is -3.15. The number of hydrogen-bond donors (Lipinski definition) is 0. The third-order valence-corrected chi connectivity index (χ3v) is 6.13. The Morgan fingerprint density at radius 2 is 1.55 bits per heavy atom. The summed E-state index contributed by atoms with van der Waals surface area (Å²) in [6, 6.07) is 22.2. The lowest BCUT2D eigenvalue weighted by molar-refractivity contribution is 0.628. The zero-order valence-corrected chi connectivity index (χ0v) is 19.4. The Bertz CT molecular complexity index is 1330. The molecule has 0 spiro atoms. The molecule has 0 saturated carbocycles. The molecule has 0 aliphatic rings. The van der Waals surface area contributed by atoms with Gasteiger partial charge in [-0.15, -0.1) is 0 Å². The number of hydrogen-bond acceptors (Lipinski definition) is 0. The van der Waals surface area contributed by atoms with Crippen LogP contribution in [0.5, 0.6) is 0 Å². The van der Waals surface area contributed by atoms with E-state index in [2.05, 4.69) is 43.0 Å². The summed E-state index contributed by atoms with van der Waals surface area (Å²) in [6.07, 6.45) is 6.14. The van der Waals surface area contributed by atoms with Gasteiger partial charge in [-0.2, -0.15) is 0 Å². The minimum atomic E-state index is -0.542. The van der Waals surface area contributed by atoms with E-state index < -0.39 is 5.82 Å². The van der Waals surface area contributed by atoms with Gasteiger partial charge in [-0.3, -0.25) is 0 Å². The van der Waals surface area contributed by atoms with Crippen LogP contribution >= 0.6 is 11.6 Å². The van der Waals surface area contributed by atoms with Gasteiger partial charge in [-0.05, 0) is 65.3 Å². The van der Waals surface area contributed by atoms with Crippen LogP contribution in [0.2, 0.25) is 5.02 Å². The minimum Gasteiger partial charge on any atom is -0.205 e. The summed E-state index contributed by atoms with van der Waals surface area (Å²) >= 11 is 5.70. The summed E-state index contributed by atoms with van der Waals surface area (Å²) in [4.78, 5) is 0. The number of fused-ring (bicyclic) bond motifs is 1. The number of benzene rings is 4. The molecule has 3 heteroatoms. The van der Waals surface area contributed by atoms with Crippen LogP contribution < -0.4 is 0 Å². The molecule has 0 unspecified atom stereocenters. The van der Waals surface area contributed by atoms with Crippen molar-refractivity contribution in [1.82, 2.24) is 0 Å². The van der Waals surface area contributed by atoms with Gasteiger partial charge in [0.25, 0.3) is 0 Å². The fourth-order valence-electron chi connectivity index (χ4n) is 3.90. The molecule has 33 heavy (non-hydrogen) atoms. The maximum absolute atomic E-state index is 15.1. The Kier molecular flexibility index (Phi) is 7.43. The molecule has 166 valence electrons. The van der Waals surface area contributed by atoms with Crippen LogP contribution in [0.1, 0.15) is 49.3 Å². The van der Waals surface area contributed by atoms with Gasteiger partial charge in [0.2, 0.25) is 0 Å². The van der Waals surface area contributed by atoms with Gasteiger partial charge in [0, 0.05) is 10.9 Å². The van der Waals surface area contributed by atoms with Gasteiger partial charge in [-0.25, -0.2) is 8.78 Å². The number of rotatable bonds is 6. The van der Waals surface area contributed by atoms with E-state index in [0.29, 0.717) is 10.9 Å². The molecule has 0 aromatic heterocycles. The molecule has 0 radical (unpaired) electrons. The zero-order valence-electron chi connectivity index (χ0n) is 18.6. The van der Waals surface area contributed by atoms with Crippen LogP contribution in [0.15, 0.2) is 72.8 Å². The first-order valence-electron chi connectivity index (χ1n) is 11.3. The molecule has 0 amide bonds. The summed E-state index contributed by atoms with van der Waals surface area (Å²) in [5, 5.41) is 1.37. The lowest BCUT2D eigenvalue weighted by atomic mass is 9.98. The molecule has 0 aliphatic carbocycles. The van der Waals surface area contributed by atoms with Crippen molar-refractivity contribution in [3.05, 3.63) is 106 Å². The van der Waals surface area contributed by atoms with Gasteiger partial charge in [-0.1, -0.05) is 92.1 Å². The molecule has 0 N–H and O–H groups in total. The van der Waals surface area contributed by atoms with Crippen molar-refractivity contribution in [2.75, 3.05) is 0 Å². The monoisotopic (exact) mass is 458 g/mol. The highest BCUT2D eigenvalue weighted by Crippen LogP contribution is 2.28. The summed E-state index contributed by atoms with van der Waals surface area (Å²) in [5.74, 6) is 4.71. The summed E-state index contributed by atoms with van der Waals surface area (Å²) < 4.78 is 28.7. The van der Waals surface area contributed by atoms with Crippen molar-refractivity contribution >= 4 is 22.4 Å². The Labute approximate surface area is 199 Å². The zero-order chi connectivity index (χ0) is 23.2. The Morgan fingerprint density at radius 1 is 0.758 bits per heavy atom. The van der Waals surface area contributed by atoms with E-state index in [9.17, 15) is 4.39 Å². The molecule has 0 fully saturated rings. The first kappa shape index (κ1) is 23.0. The van der Waals surface area contributed by atoms with E-state index in [1.54, 1.807) is 18.2 Å². The third-order valence-electron chi connectivity index (χ3n) is 5.82. The van der Waals surface area contributed by atoms with Crippen LogP contribution in [0.25, 0.3) is 21.9 Å². The highest BCUT2D eigenvalue weighted by atomic mass is 35.5. The van der Waals surface area contributed by atoms with E-state index in [1.807, 2.05) is 18.2 Å². The Balaban J connectivity index is 1.54. The van der Waals surface area contributed by atoms with Gasteiger partial charge in [0.05, 0.1) is 10.6 Å². The van der Waals surface area contributed by atoms with E-state index in [0.717, 1.165) is 22.9 Å². The quantitative estimate of drug-likeness (QED) is 0.200. The van der Waals surface area contributed by atoms with Crippen LogP contribution in [0.4, 0.5) is 8.78 Å². The van der Waals surface area contributed by atoms with Crippen molar-refractivity contribution in [3.8, 4) is 23.0 Å². The van der Waals surface area contributed by atoms with Crippen LogP contribution in [0.3, 0.4) is 0 Å². The minimum absolute atomic E-state index is 0.0369. The number of aryl methyl sites for hydroxylation is 1. The molecular weight excluding hydrogens is 434 g/mol. The lowest BCUT2D eigenvalue weighted by Gasteiger charge is -2.08. The second kappa shape index (κ2) is 10.6.